The van der Waals surface area contributed by atoms with Gasteiger partial charge in [-0.25, -0.2) is 15.0 Å². The molecule has 0 saturated heterocycles. The van der Waals surface area contributed by atoms with Crippen molar-refractivity contribution in [2.75, 3.05) is 0 Å². The third kappa shape index (κ3) is 6.56. The van der Waals surface area contributed by atoms with Gasteiger partial charge in [0.1, 0.15) is 0 Å². The van der Waals surface area contributed by atoms with Gasteiger partial charge in [0.2, 0.25) is 0 Å². The third-order valence-electron chi connectivity index (χ3n) is 12.2. The SMILES string of the molecule is c1ccc(-c2ccc(-c3nc(-c4ccc(-c5cccc6c5sc5ccccc56)cc4)nc(-c4ccc(-c5ccc(-c6ccccc6)c6ccccc56)c5ccccc45)n3)cc2)cc1. The lowest BCUT2D eigenvalue weighted by atomic mass is 9.89. The molecule has 0 N–H and O–H groups in total. The van der Waals surface area contributed by atoms with Gasteiger partial charge < -0.3 is 0 Å². The zero-order valence-corrected chi connectivity index (χ0v) is 34.9. The topological polar surface area (TPSA) is 38.7 Å². The summed E-state index contributed by atoms with van der Waals surface area (Å²) >= 11 is 1.85. The highest BCUT2D eigenvalue weighted by Gasteiger charge is 2.19. The van der Waals surface area contributed by atoms with Crippen LogP contribution < -0.4 is 0 Å². The average molecular weight is 820 g/mol. The lowest BCUT2D eigenvalue weighted by molar-refractivity contribution is 1.08. The second-order valence-electron chi connectivity index (χ2n) is 15.9. The number of hydrogen-bond donors (Lipinski definition) is 0. The summed E-state index contributed by atoms with van der Waals surface area (Å²) in [5.74, 6) is 1.89. The molecule has 4 heteroatoms. The Hall–Kier alpha value is -8.05. The molecule has 10 aromatic carbocycles. The second kappa shape index (κ2) is 15.4. The minimum absolute atomic E-state index is 0.629. The molecule has 0 aliphatic carbocycles. The third-order valence-corrected chi connectivity index (χ3v) is 13.4. The highest BCUT2D eigenvalue weighted by atomic mass is 32.1. The molecule has 63 heavy (non-hydrogen) atoms. The van der Waals surface area contributed by atoms with Gasteiger partial charge in [0.15, 0.2) is 17.5 Å². The molecule has 2 aromatic heterocycles. The molecule has 294 valence electrons. The molecule has 12 aromatic rings. The standard InChI is InChI=1S/C59H37N3S/c1-3-14-38(15-4-1)39-26-30-42(31-27-39)57-60-58(43-32-28-41(29-33-43)45-23-13-24-53-52-22-11-12-25-55(52)63-56(45)53)62-59(61-57)54-37-36-51(48-20-9-10-21-49(48)54)50-35-34-44(40-16-5-2-6-17-40)46-18-7-8-19-47(46)50/h1-37H. The van der Waals surface area contributed by atoms with Crippen molar-refractivity contribution >= 4 is 53.1 Å². The monoisotopic (exact) mass is 819 g/mol. The minimum Gasteiger partial charge on any atom is -0.208 e. The highest BCUT2D eigenvalue weighted by molar-refractivity contribution is 7.26. The largest absolute Gasteiger partial charge is 0.208 e. The van der Waals surface area contributed by atoms with Crippen LogP contribution >= 0.6 is 11.3 Å². The Labute approximate surface area is 369 Å². The summed E-state index contributed by atoms with van der Waals surface area (Å²) < 4.78 is 2.60. The Balaban J connectivity index is 0.995. The van der Waals surface area contributed by atoms with Gasteiger partial charge in [-0.05, 0) is 78.2 Å². The first-order valence-electron chi connectivity index (χ1n) is 21.3. The molecular formula is C59H37N3S. The van der Waals surface area contributed by atoms with Crippen LogP contribution in [0.4, 0.5) is 0 Å². The van der Waals surface area contributed by atoms with E-state index in [1.807, 2.05) is 17.4 Å². The Morgan fingerprint density at radius 1 is 0.222 bits per heavy atom. The zero-order chi connectivity index (χ0) is 41.7. The molecule has 0 unspecified atom stereocenters. The Morgan fingerprint density at radius 2 is 0.619 bits per heavy atom. The van der Waals surface area contributed by atoms with Crippen LogP contribution in [0.2, 0.25) is 0 Å². The van der Waals surface area contributed by atoms with E-state index in [1.54, 1.807) is 0 Å². The fraction of sp³-hybridized carbons (Fsp3) is 0. The maximum atomic E-state index is 5.27. The smallest absolute Gasteiger partial charge is 0.164 e. The average Bonchev–Trinajstić information content (AvgIpc) is 3.75. The van der Waals surface area contributed by atoms with Gasteiger partial charge in [0.05, 0.1) is 0 Å². The minimum atomic E-state index is 0.629. The van der Waals surface area contributed by atoms with Crippen LogP contribution in [0.5, 0.6) is 0 Å². The number of benzene rings is 10. The summed E-state index contributed by atoms with van der Waals surface area (Å²) in [5.41, 5.74) is 12.3. The number of fused-ring (bicyclic) bond motifs is 5. The first kappa shape index (κ1) is 36.8. The van der Waals surface area contributed by atoms with E-state index in [4.69, 9.17) is 15.0 Å². The van der Waals surface area contributed by atoms with Crippen molar-refractivity contribution in [3.8, 4) is 78.7 Å². The maximum Gasteiger partial charge on any atom is 0.164 e. The molecule has 0 aliphatic heterocycles. The lowest BCUT2D eigenvalue weighted by Gasteiger charge is -2.16. The van der Waals surface area contributed by atoms with E-state index in [0.717, 1.165) is 38.6 Å². The summed E-state index contributed by atoms with van der Waals surface area (Å²) in [4.78, 5) is 15.7. The van der Waals surface area contributed by atoms with Crippen molar-refractivity contribution < 1.29 is 0 Å². The summed E-state index contributed by atoms with van der Waals surface area (Å²) in [6.45, 7) is 0. The summed E-state index contributed by atoms with van der Waals surface area (Å²) in [6.07, 6.45) is 0. The van der Waals surface area contributed by atoms with Gasteiger partial charge in [0, 0.05) is 36.9 Å². The molecule has 0 radical (unpaired) electrons. The van der Waals surface area contributed by atoms with Crippen LogP contribution in [0.1, 0.15) is 0 Å². The molecular weight excluding hydrogens is 783 g/mol. The molecule has 0 saturated carbocycles. The number of hydrogen-bond acceptors (Lipinski definition) is 4. The van der Waals surface area contributed by atoms with Gasteiger partial charge in [-0.15, -0.1) is 11.3 Å². The van der Waals surface area contributed by atoms with Gasteiger partial charge in [-0.3, -0.25) is 0 Å². The van der Waals surface area contributed by atoms with E-state index in [0.29, 0.717) is 17.5 Å². The van der Waals surface area contributed by atoms with E-state index in [9.17, 15) is 0 Å². The normalized spacial score (nSPS) is 11.5. The second-order valence-corrected chi connectivity index (χ2v) is 16.9. The molecule has 2 heterocycles. The molecule has 3 nitrogen and oxygen atoms in total. The molecule has 0 atom stereocenters. The van der Waals surface area contributed by atoms with E-state index in [2.05, 4.69) is 218 Å². The summed E-state index contributed by atoms with van der Waals surface area (Å²) in [5, 5.41) is 7.26. The van der Waals surface area contributed by atoms with E-state index in [1.165, 1.54) is 64.3 Å². The highest BCUT2D eigenvalue weighted by Crippen LogP contribution is 2.42. The van der Waals surface area contributed by atoms with Crippen LogP contribution in [-0.2, 0) is 0 Å². The quantitative estimate of drug-likeness (QED) is 0.161. The van der Waals surface area contributed by atoms with Crippen molar-refractivity contribution in [3.63, 3.8) is 0 Å². The van der Waals surface area contributed by atoms with Crippen molar-refractivity contribution in [1.82, 2.24) is 15.0 Å². The lowest BCUT2D eigenvalue weighted by Crippen LogP contribution is -2.01. The Bertz CT molecular complexity index is 3650. The number of rotatable bonds is 7. The molecule has 0 amide bonds. The molecule has 0 bridgehead atoms. The molecule has 0 spiro atoms. The van der Waals surface area contributed by atoms with Crippen LogP contribution in [0.3, 0.4) is 0 Å². The number of thiophene rings is 1. The first-order valence-corrected chi connectivity index (χ1v) is 22.1. The van der Waals surface area contributed by atoms with E-state index < -0.39 is 0 Å². The molecule has 12 rings (SSSR count). The van der Waals surface area contributed by atoms with Gasteiger partial charge in [-0.1, -0.05) is 212 Å². The first-order chi connectivity index (χ1) is 31.2. The van der Waals surface area contributed by atoms with Crippen molar-refractivity contribution in [2.45, 2.75) is 0 Å². The fourth-order valence-electron chi connectivity index (χ4n) is 9.10. The predicted octanol–water partition coefficient (Wildman–Crippen LogP) is 16.2. The van der Waals surface area contributed by atoms with Crippen LogP contribution in [-0.4, -0.2) is 15.0 Å². The summed E-state index contributed by atoms with van der Waals surface area (Å²) in [6, 6.07) is 79.9. The van der Waals surface area contributed by atoms with Crippen LogP contribution in [0.15, 0.2) is 224 Å². The number of nitrogens with zero attached hydrogens (tertiary/aromatic N) is 3. The molecule has 0 aliphatic rings. The van der Waals surface area contributed by atoms with E-state index in [-0.39, 0.29) is 0 Å². The Morgan fingerprint density at radius 3 is 1.24 bits per heavy atom. The van der Waals surface area contributed by atoms with Crippen molar-refractivity contribution in [1.29, 1.82) is 0 Å². The van der Waals surface area contributed by atoms with Gasteiger partial charge in [0.25, 0.3) is 0 Å². The predicted molar refractivity (Wildman–Crippen MR) is 266 cm³/mol. The van der Waals surface area contributed by atoms with Crippen LogP contribution in [0.25, 0.3) is 120 Å². The van der Waals surface area contributed by atoms with Crippen molar-refractivity contribution in [3.05, 3.63) is 224 Å². The van der Waals surface area contributed by atoms with Crippen LogP contribution in [0, 0.1) is 0 Å². The van der Waals surface area contributed by atoms with Crippen molar-refractivity contribution in [2.24, 2.45) is 0 Å². The zero-order valence-electron chi connectivity index (χ0n) is 34.1. The van der Waals surface area contributed by atoms with Gasteiger partial charge in [-0.2, -0.15) is 0 Å². The summed E-state index contributed by atoms with van der Waals surface area (Å²) in [7, 11) is 0. The van der Waals surface area contributed by atoms with E-state index >= 15 is 0 Å². The molecule has 0 fully saturated rings. The van der Waals surface area contributed by atoms with Gasteiger partial charge >= 0.3 is 0 Å². The Kier molecular flexibility index (Phi) is 9.02. The number of aromatic nitrogens is 3. The fourth-order valence-corrected chi connectivity index (χ4v) is 10.3. The maximum absolute atomic E-state index is 5.27.